The quantitative estimate of drug-likeness (QED) is 0.290. The van der Waals surface area contributed by atoms with Gasteiger partial charge in [0.1, 0.15) is 9.89 Å². The molecule has 0 aromatic heterocycles. The first-order valence-corrected chi connectivity index (χ1v) is 11.3. The standard InChI is InChI=1S/C19H38N7OP/c1-15(2)24(16(3)4)28(27-12-10-11-20)25(17(5)6)19(9)13-23-14-21-26(22-23)18(7)8/h14-17,19H,10,12-13H2,1-9H3/q+2. The third-order valence-electron chi connectivity index (χ3n) is 4.20. The van der Waals surface area contributed by atoms with E-state index in [-0.39, 0.29) is 6.04 Å². The van der Waals surface area contributed by atoms with Gasteiger partial charge in [-0.25, -0.2) is 9.34 Å². The van der Waals surface area contributed by atoms with Gasteiger partial charge in [0.05, 0.1) is 25.1 Å². The molecule has 2 atom stereocenters. The molecule has 0 bridgehead atoms. The molecule has 0 aromatic rings. The molecule has 1 aliphatic heterocycles. The molecule has 0 amide bonds. The lowest BCUT2D eigenvalue weighted by molar-refractivity contribution is -0.649. The topological polar surface area (TPSA) is 70.2 Å². The van der Waals surface area contributed by atoms with Crippen LogP contribution in [0.25, 0.3) is 0 Å². The van der Waals surface area contributed by atoms with E-state index in [0.29, 0.717) is 31.2 Å². The lowest BCUT2D eigenvalue weighted by Crippen LogP contribution is -2.46. The largest absolute Gasteiger partial charge is 0.358 e. The van der Waals surface area contributed by atoms with Gasteiger partial charge in [-0.1, -0.05) is 0 Å². The van der Waals surface area contributed by atoms with Crippen molar-refractivity contribution in [3.63, 3.8) is 0 Å². The van der Waals surface area contributed by atoms with Crippen LogP contribution in [0.15, 0.2) is 10.3 Å². The minimum Gasteiger partial charge on any atom is -0.330 e. The lowest BCUT2D eigenvalue weighted by atomic mass is 10.3. The van der Waals surface area contributed by atoms with Crippen molar-refractivity contribution in [3.8, 4) is 6.07 Å². The van der Waals surface area contributed by atoms with Crippen LogP contribution in [0.2, 0.25) is 0 Å². The van der Waals surface area contributed by atoms with E-state index < -0.39 is 8.45 Å². The smallest absolute Gasteiger partial charge is 0.330 e. The third-order valence-corrected chi connectivity index (χ3v) is 7.18. The fraction of sp³-hybridized carbons (Fsp3) is 0.842. The first kappa shape index (κ1) is 24.8. The highest BCUT2D eigenvalue weighted by atomic mass is 31.2. The molecule has 0 N–H and O–H groups in total. The van der Waals surface area contributed by atoms with E-state index in [2.05, 4.69) is 74.2 Å². The first-order chi connectivity index (χ1) is 13.1. The molecule has 0 saturated carbocycles. The molecule has 0 fully saturated rings. The van der Waals surface area contributed by atoms with Crippen molar-refractivity contribution >= 4 is 20.5 Å². The molecule has 8 nitrogen and oxygen atoms in total. The van der Waals surface area contributed by atoms with Gasteiger partial charge in [-0.15, -0.1) is 0 Å². The Morgan fingerprint density at radius 2 is 1.64 bits per heavy atom. The van der Waals surface area contributed by atoms with Gasteiger partial charge < -0.3 is 4.52 Å². The summed E-state index contributed by atoms with van der Waals surface area (Å²) in [7, 11) is -1.02. The van der Waals surface area contributed by atoms with E-state index >= 15 is 0 Å². The van der Waals surface area contributed by atoms with Crippen LogP contribution < -0.4 is 0 Å². The summed E-state index contributed by atoms with van der Waals surface area (Å²) >= 11 is 0. The van der Waals surface area contributed by atoms with E-state index in [1.807, 2.05) is 18.5 Å². The summed E-state index contributed by atoms with van der Waals surface area (Å²) < 4.78 is 13.1. The highest BCUT2D eigenvalue weighted by Crippen LogP contribution is 2.50. The molecule has 0 aliphatic carbocycles. The van der Waals surface area contributed by atoms with Gasteiger partial charge >= 0.3 is 11.6 Å². The Morgan fingerprint density at radius 3 is 2.07 bits per heavy atom. The first-order valence-electron chi connectivity index (χ1n) is 10.1. The molecule has 9 heteroatoms. The fourth-order valence-corrected chi connectivity index (χ4v) is 5.55. The molecule has 158 valence electrons. The zero-order valence-electron chi connectivity index (χ0n) is 19.0. The molecule has 1 aliphatic rings. The van der Waals surface area contributed by atoms with Gasteiger partial charge in [0, 0.05) is 32.0 Å². The predicted molar refractivity (Wildman–Crippen MR) is 114 cm³/mol. The van der Waals surface area contributed by atoms with Crippen LogP contribution in [0.1, 0.15) is 68.7 Å². The highest BCUT2D eigenvalue weighted by Gasteiger charge is 2.38. The molecule has 0 spiro atoms. The maximum absolute atomic E-state index is 8.96. The molecular formula is C19H38N7OP+2. The average Bonchev–Trinajstić information content (AvgIpc) is 3.02. The van der Waals surface area contributed by atoms with Crippen molar-refractivity contribution in [2.24, 2.45) is 10.3 Å². The van der Waals surface area contributed by atoms with E-state index in [4.69, 9.17) is 9.79 Å². The number of hydrazone groups is 1. The van der Waals surface area contributed by atoms with E-state index in [1.165, 1.54) is 0 Å². The van der Waals surface area contributed by atoms with E-state index in [9.17, 15) is 0 Å². The van der Waals surface area contributed by atoms with Crippen LogP contribution in [0.3, 0.4) is 0 Å². The Balaban J connectivity index is 3.12. The van der Waals surface area contributed by atoms with Gasteiger partial charge in [0.25, 0.3) is 0 Å². The number of hydrogen-bond donors (Lipinski definition) is 0. The molecule has 1 rings (SSSR count). The summed E-state index contributed by atoms with van der Waals surface area (Å²) in [5.41, 5.74) is 1.03. The monoisotopic (exact) mass is 411 g/mol. The van der Waals surface area contributed by atoms with Crippen molar-refractivity contribution in [3.05, 3.63) is 0 Å². The molecular weight excluding hydrogens is 373 g/mol. The van der Waals surface area contributed by atoms with Crippen molar-refractivity contribution in [1.82, 2.24) is 9.34 Å². The van der Waals surface area contributed by atoms with Crippen LogP contribution in [0.4, 0.5) is 0 Å². The molecule has 0 saturated heterocycles. The van der Waals surface area contributed by atoms with Gasteiger partial charge in [0.15, 0.2) is 15.0 Å². The average molecular weight is 412 g/mol. The van der Waals surface area contributed by atoms with Crippen LogP contribution in [0, 0.1) is 11.3 Å². The highest BCUT2D eigenvalue weighted by molar-refractivity contribution is 7.47. The van der Waals surface area contributed by atoms with E-state index in [1.54, 1.807) is 11.1 Å². The zero-order chi connectivity index (χ0) is 21.4. The van der Waals surface area contributed by atoms with Crippen LogP contribution >= 0.6 is 8.45 Å². The van der Waals surface area contributed by atoms with Gasteiger partial charge in [-0.05, 0) is 53.2 Å². The maximum atomic E-state index is 8.96. The summed E-state index contributed by atoms with van der Waals surface area (Å²) in [6, 6.07) is 3.36. The summed E-state index contributed by atoms with van der Waals surface area (Å²) in [5, 5.41) is 17.8. The summed E-state index contributed by atoms with van der Waals surface area (Å²) in [6.45, 7) is 20.5. The SMILES string of the molecule is CC(C)=[N+]1N=C[N+](CC(C)N(C(C)C)P(OCCC#N)N(C(C)C)C(C)C)=N1. The number of rotatable bonds is 11. The van der Waals surface area contributed by atoms with Crippen LogP contribution in [-0.2, 0) is 4.52 Å². The normalized spacial score (nSPS) is 16.5. The Bertz CT molecular complexity index is 625. The van der Waals surface area contributed by atoms with Crippen molar-refractivity contribution < 1.29 is 14.0 Å². The molecule has 0 aromatic carbocycles. The lowest BCUT2D eigenvalue weighted by Gasteiger charge is -2.45. The van der Waals surface area contributed by atoms with Crippen molar-refractivity contribution in [2.75, 3.05) is 13.2 Å². The minimum atomic E-state index is -1.02. The Kier molecular flexibility index (Phi) is 10.3. The predicted octanol–water partition coefficient (Wildman–Crippen LogP) is 4.19. The molecule has 1 heterocycles. The molecule has 2 unspecified atom stereocenters. The van der Waals surface area contributed by atoms with Crippen molar-refractivity contribution in [1.29, 1.82) is 5.26 Å². The minimum absolute atomic E-state index is 0.195. The Morgan fingerprint density at radius 1 is 1.07 bits per heavy atom. The van der Waals surface area contributed by atoms with Crippen molar-refractivity contribution in [2.45, 2.75) is 92.9 Å². The second-order valence-electron chi connectivity index (χ2n) is 8.06. The van der Waals surface area contributed by atoms with E-state index in [0.717, 1.165) is 12.3 Å². The van der Waals surface area contributed by atoms with Gasteiger partial charge in [-0.2, -0.15) is 5.26 Å². The second kappa shape index (κ2) is 11.7. The number of hydrogen-bond acceptors (Lipinski definition) is 6. The number of nitrogens with zero attached hydrogens (tertiary/aromatic N) is 7. The molecule has 28 heavy (non-hydrogen) atoms. The summed E-state index contributed by atoms with van der Waals surface area (Å²) in [5.74, 6) is 0. The summed E-state index contributed by atoms with van der Waals surface area (Å²) in [4.78, 5) is 1.65. The maximum Gasteiger partial charge on any atom is 0.358 e. The molecule has 0 radical (unpaired) electrons. The van der Waals surface area contributed by atoms with Crippen LogP contribution in [-0.4, -0.2) is 68.2 Å². The number of nitriles is 1. The second-order valence-corrected chi connectivity index (χ2v) is 9.75. The van der Waals surface area contributed by atoms with Gasteiger partial charge in [-0.3, -0.25) is 0 Å². The Hall–Kier alpha value is -1.26. The van der Waals surface area contributed by atoms with Gasteiger partial charge in [0.2, 0.25) is 5.71 Å². The Labute approximate surface area is 172 Å². The fourth-order valence-electron chi connectivity index (χ4n) is 3.20. The third kappa shape index (κ3) is 6.97. The summed E-state index contributed by atoms with van der Waals surface area (Å²) in [6.07, 6.45) is 2.17. The van der Waals surface area contributed by atoms with Crippen LogP contribution in [0.5, 0.6) is 0 Å². The zero-order valence-corrected chi connectivity index (χ0v) is 19.9.